The quantitative estimate of drug-likeness (QED) is 0.651. The highest BCUT2D eigenvalue weighted by Gasteiger charge is 1.98. The second-order valence-electron chi connectivity index (χ2n) is 3.29. The van der Waals surface area contributed by atoms with Gasteiger partial charge in [0.1, 0.15) is 0 Å². The van der Waals surface area contributed by atoms with E-state index in [1.165, 1.54) is 5.56 Å². The zero-order valence-electron chi connectivity index (χ0n) is 7.92. The van der Waals surface area contributed by atoms with Crippen LogP contribution in [0.25, 0.3) is 11.1 Å². The van der Waals surface area contributed by atoms with Crippen LogP contribution in [0.1, 0.15) is 5.56 Å². The van der Waals surface area contributed by atoms with E-state index in [9.17, 15) is 0 Å². The van der Waals surface area contributed by atoms with E-state index in [1.54, 1.807) is 0 Å². The van der Waals surface area contributed by atoms with E-state index in [0.717, 1.165) is 16.1 Å². The molecule has 14 heavy (non-hydrogen) atoms. The molecule has 1 heteroatoms. The molecular formula is C13H10Cl. The zero-order valence-corrected chi connectivity index (χ0v) is 8.68. The van der Waals surface area contributed by atoms with E-state index in [-0.39, 0.29) is 0 Å². The van der Waals surface area contributed by atoms with Crippen molar-refractivity contribution >= 4 is 11.6 Å². The molecule has 0 bridgehead atoms. The predicted octanol–water partition coefficient (Wildman–Crippen LogP) is 4.12. The van der Waals surface area contributed by atoms with Crippen LogP contribution < -0.4 is 0 Å². The van der Waals surface area contributed by atoms with E-state index in [2.05, 4.69) is 19.1 Å². The Hall–Kier alpha value is -1.27. The average molecular weight is 202 g/mol. The molecule has 0 heterocycles. The maximum atomic E-state index is 5.92. The van der Waals surface area contributed by atoms with E-state index in [4.69, 9.17) is 11.6 Å². The number of hydrogen-bond acceptors (Lipinski definition) is 0. The van der Waals surface area contributed by atoms with Crippen molar-refractivity contribution in [1.82, 2.24) is 0 Å². The molecular weight excluding hydrogens is 192 g/mol. The predicted molar refractivity (Wildman–Crippen MR) is 60.5 cm³/mol. The van der Waals surface area contributed by atoms with Gasteiger partial charge in [-0.1, -0.05) is 47.5 Å². The topological polar surface area (TPSA) is 0 Å². The summed E-state index contributed by atoms with van der Waals surface area (Å²) in [7, 11) is 0. The second kappa shape index (κ2) is 3.85. The number of aryl methyl sites for hydroxylation is 1. The van der Waals surface area contributed by atoms with Crippen molar-refractivity contribution < 1.29 is 0 Å². The Morgan fingerprint density at radius 1 is 1.14 bits per heavy atom. The van der Waals surface area contributed by atoms with Crippen LogP contribution in [0.2, 0.25) is 5.02 Å². The molecule has 2 aromatic rings. The summed E-state index contributed by atoms with van der Waals surface area (Å²) in [6.07, 6.45) is 0. The molecule has 0 spiro atoms. The van der Waals surface area contributed by atoms with Gasteiger partial charge < -0.3 is 0 Å². The third-order valence-electron chi connectivity index (χ3n) is 2.09. The molecule has 0 unspecified atom stereocenters. The van der Waals surface area contributed by atoms with Gasteiger partial charge >= 0.3 is 0 Å². The lowest BCUT2D eigenvalue weighted by molar-refractivity contribution is 1.46. The standard InChI is InChI=1S/C13H10Cl/c1-10-4-2-5-11(8-10)12-6-3-7-13(14)9-12/h2-4,6-9H,1H3. The first kappa shape index (κ1) is 9.29. The van der Waals surface area contributed by atoms with E-state index >= 15 is 0 Å². The van der Waals surface area contributed by atoms with Crippen LogP contribution in [0, 0.1) is 13.0 Å². The summed E-state index contributed by atoms with van der Waals surface area (Å²) >= 11 is 5.92. The normalized spacial score (nSPS) is 10.1. The highest BCUT2D eigenvalue weighted by Crippen LogP contribution is 2.22. The van der Waals surface area contributed by atoms with Crippen LogP contribution in [0.4, 0.5) is 0 Å². The summed E-state index contributed by atoms with van der Waals surface area (Å²) < 4.78 is 0. The third-order valence-corrected chi connectivity index (χ3v) is 2.33. The molecule has 0 atom stereocenters. The fraction of sp³-hybridized carbons (Fsp3) is 0.0769. The van der Waals surface area contributed by atoms with Crippen molar-refractivity contribution in [2.75, 3.05) is 0 Å². The number of halogens is 1. The van der Waals surface area contributed by atoms with Crippen molar-refractivity contribution in [2.45, 2.75) is 6.92 Å². The maximum absolute atomic E-state index is 5.92. The van der Waals surface area contributed by atoms with Gasteiger partial charge in [-0.2, -0.15) is 0 Å². The first-order valence-electron chi connectivity index (χ1n) is 4.50. The van der Waals surface area contributed by atoms with Crippen molar-refractivity contribution in [1.29, 1.82) is 0 Å². The summed E-state index contributed by atoms with van der Waals surface area (Å²) in [5, 5.41) is 0.761. The largest absolute Gasteiger partial charge is 0.0843 e. The molecule has 0 aromatic heterocycles. The van der Waals surface area contributed by atoms with Gasteiger partial charge in [-0.05, 0) is 36.2 Å². The Kier molecular flexibility index (Phi) is 2.55. The Labute approximate surface area is 89.2 Å². The van der Waals surface area contributed by atoms with Gasteiger partial charge in [0, 0.05) is 5.02 Å². The van der Waals surface area contributed by atoms with Crippen LogP contribution >= 0.6 is 11.6 Å². The van der Waals surface area contributed by atoms with Crippen LogP contribution in [0.15, 0.2) is 42.5 Å². The number of benzene rings is 2. The van der Waals surface area contributed by atoms with Crippen LogP contribution in [-0.2, 0) is 0 Å². The van der Waals surface area contributed by atoms with Crippen LogP contribution in [0.3, 0.4) is 0 Å². The van der Waals surface area contributed by atoms with Gasteiger partial charge in [0.2, 0.25) is 0 Å². The number of hydrogen-bond donors (Lipinski definition) is 0. The summed E-state index contributed by atoms with van der Waals surface area (Å²) in [5.74, 6) is 0. The van der Waals surface area contributed by atoms with Crippen molar-refractivity contribution in [3.8, 4) is 11.1 Å². The zero-order chi connectivity index (χ0) is 9.97. The van der Waals surface area contributed by atoms with E-state index < -0.39 is 0 Å². The van der Waals surface area contributed by atoms with Gasteiger partial charge in [0.05, 0.1) is 0 Å². The van der Waals surface area contributed by atoms with Gasteiger partial charge in [0.25, 0.3) is 0 Å². The summed E-state index contributed by atoms with van der Waals surface area (Å²) in [4.78, 5) is 0. The van der Waals surface area contributed by atoms with Crippen molar-refractivity contribution in [2.24, 2.45) is 0 Å². The fourth-order valence-electron chi connectivity index (χ4n) is 1.40. The third kappa shape index (κ3) is 1.97. The Morgan fingerprint density at radius 2 is 2.00 bits per heavy atom. The maximum Gasteiger partial charge on any atom is 0.0412 e. The molecule has 0 N–H and O–H groups in total. The summed E-state index contributed by atoms with van der Waals surface area (Å²) in [6.45, 7) is 2.07. The minimum atomic E-state index is 0.761. The van der Waals surface area contributed by atoms with Gasteiger partial charge in [-0.25, -0.2) is 0 Å². The molecule has 0 aliphatic heterocycles. The minimum absolute atomic E-state index is 0.761. The van der Waals surface area contributed by atoms with Crippen molar-refractivity contribution in [3.05, 3.63) is 59.1 Å². The molecule has 0 aliphatic carbocycles. The first-order valence-corrected chi connectivity index (χ1v) is 4.88. The molecule has 1 radical (unpaired) electrons. The highest BCUT2D eigenvalue weighted by atomic mass is 35.5. The first-order chi connectivity index (χ1) is 6.75. The highest BCUT2D eigenvalue weighted by molar-refractivity contribution is 6.30. The lowest BCUT2D eigenvalue weighted by Gasteiger charge is -2.02. The molecule has 0 amide bonds. The number of rotatable bonds is 1. The molecule has 0 saturated carbocycles. The monoisotopic (exact) mass is 201 g/mol. The molecule has 69 valence electrons. The van der Waals surface area contributed by atoms with Crippen LogP contribution in [-0.4, -0.2) is 0 Å². The molecule has 2 rings (SSSR count). The molecule has 0 aliphatic rings. The SMILES string of the molecule is Cc1cc[c]c(-c2cccc(Cl)c2)c1. The van der Waals surface area contributed by atoms with Gasteiger partial charge in [0.15, 0.2) is 0 Å². The Morgan fingerprint density at radius 3 is 2.71 bits per heavy atom. The lowest BCUT2D eigenvalue weighted by atomic mass is 10.0. The fourth-order valence-corrected chi connectivity index (χ4v) is 1.59. The molecule has 2 aromatic carbocycles. The van der Waals surface area contributed by atoms with Gasteiger partial charge in [-0.3, -0.25) is 0 Å². The average Bonchev–Trinajstić information content (AvgIpc) is 2.18. The summed E-state index contributed by atoms with van der Waals surface area (Å²) in [6, 6.07) is 17.1. The molecule has 0 saturated heterocycles. The Balaban J connectivity index is 2.49. The smallest absolute Gasteiger partial charge is 0.0412 e. The summed E-state index contributed by atoms with van der Waals surface area (Å²) in [5.41, 5.74) is 3.44. The molecule has 0 nitrogen and oxygen atoms in total. The van der Waals surface area contributed by atoms with Crippen molar-refractivity contribution in [3.63, 3.8) is 0 Å². The Bertz CT molecular complexity index is 403. The van der Waals surface area contributed by atoms with E-state index in [1.807, 2.05) is 36.4 Å². The lowest BCUT2D eigenvalue weighted by Crippen LogP contribution is -1.79. The van der Waals surface area contributed by atoms with Gasteiger partial charge in [-0.15, -0.1) is 0 Å². The van der Waals surface area contributed by atoms with E-state index in [0.29, 0.717) is 0 Å². The van der Waals surface area contributed by atoms with Crippen LogP contribution in [0.5, 0.6) is 0 Å². The molecule has 0 fully saturated rings. The second-order valence-corrected chi connectivity index (χ2v) is 3.73. The minimum Gasteiger partial charge on any atom is -0.0843 e.